The van der Waals surface area contributed by atoms with E-state index in [1.807, 2.05) is 67.7 Å². The Bertz CT molecular complexity index is 1320. The topological polar surface area (TPSA) is 77.6 Å². The molecule has 7 nitrogen and oxygen atoms in total. The van der Waals surface area contributed by atoms with Gasteiger partial charge in [0.2, 0.25) is 0 Å². The Morgan fingerprint density at radius 1 is 1.00 bits per heavy atom. The number of fused-ring (bicyclic) bond motifs is 1. The molecule has 1 amide bonds. The smallest absolute Gasteiger partial charge is 0.255 e. The number of aromatic nitrogens is 5. The summed E-state index contributed by atoms with van der Waals surface area (Å²) >= 11 is 0. The lowest BCUT2D eigenvalue weighted by Gasteiger charge is -2.08. The first-order chi connectivity index (χ1) is 14.7. The molecule has 7 heteroatoms. The van der Waals surface area contributed by atoms with E-state index in [2.05, 4.69) is 25.0 Å². The van der Waals surface area contributed by atoms with E-state index in [4.69, 9.17) is 0 Å². The van der Waals surface area contributed by atoms with Crippen LogP contribution in [0, 0.1) is 6.92 Å². The second-order valence-corrected chi connectivity index (χ2v) is 6.84. The summed E-state index contributed by atoms with van der Waals surface area (Å²) in [7, 11) is 0. The molecule has 2 aromatic carbocycles. The van der Waals surface area contributed by atoms with Crippen LogP contribution in [0.3, 0.4) is 0 Å². The van der Waals surface area contributed by atoms with Crippen LogP contribution in [-0.4, -0.2) is 30.2 Å². The van der Waals surface area contributed by atoms with Crippen molar-refractivity contribution >= 4 is 22.6 Å². The summed E-state index contributed by atoms with van der Waals surface area (Å²) in [5, 5.41) is 7.03. The minimum Gasteiger partial charge on any atom is -0.321 e. The van der Waals surface area contributed by atoms with Crippen LogP contribution >= 0.6 is 0 Å². The lowest BCUT2D eigenvalue weighted by molar-refractivity contribution is 0.102. The molecule has 1 N–H and O–H groups in total. The fourth-order valence-electron chi connectivity index (χ4n) is 3.45. The van der Waals surface area contributed by atoms with Crippen LogP contribution in [-0.2, 0) is 0 Å². The lowest BCUT2D eigenvalue weighted by Crippen LogP contribution is -2.12. The van der Waals surface area contributed by atoms with Crippen molar-refractivity contribution in [1.29, 1.82) is 0 Å². The third kappa shape index (κ3) is 3.22. The highest BCUT2D eigenvalue weighted by molar-refractivity contribution is 6.06. The number of hydrogen-bond acceptors (Lipinski definition) is 4. The van der Waals surface area contributed by atoms with Crippen LogP contribution in [0.2, 0.25) is 0 Å². The van der Waals surface area contributed by atoms with Gasteiger partial charge in [-0.25, -0.2) is 14.6 Å². The van der Waals surface area contributed by atoms with Gasteiger partial charge in [-0.3, -0.25) is 9.36 Å². The molecule has 0 bridgehead atoms. The van der Waals surface area contributed by atoms with E-state index in [-0.39, 0.29) is 5.91 Å². The standard InChI is InChI=1S/C23H18N6O/c1-16-26-20-14-17(8-10-21(20)29(16)19-6-3-2-4-7-19)23(30)27-18-9-11-22(24-15-18)28-13-5-12-25-28/h2-15H,1H3,(H,27,30). The summed E-state index contributed by atoms with van der Waals surface area (Å²) in [5.41, 5.74) is 3.92. The van der Waals surface area contributed by atoms with Gasteiger partial charge in [-0.1, -0.05) is 18.2 Å². The number of hydrogen-bond donors (Lipinski definition) is 1. The van der Waals surface area contributed by atoms with Gasteiger partial charge in [-0.05, 0) is 55.5 Å². The van der Waals surface area contributed by atoms with Crippen molar-refractivity contribution in [3.05, 3.63) is 96.7 Å². The first-order valence-corrected chi connectivity index (χ1v) is 9.51. The van der Waals surface area contributed by atoms with E-state index in [0.29, 0.717) is 17.1 Å². The van der Waals surface area contributed by atoms with E-state index in [1.54, 1.807) is 29.2 Å². The predicted molar refractivity (Wildman–Crippen MR) is 115 cm³/mol. The maximum Gasteiger partial charge on any atom is 0.255 e. The van der Waals surface area contributed by atoms with E-state index in [0.717, 1.165) is 22.5 Å². The summed E-state index contributed by atoms with van der Waals surface area (Å²) in [6.07, 6.45) is 5.11. The maximum atomic E-state index is 12.7. The fourth-order valence-corrected chi connectivity index (χ4v) is 3.45. The highest BCUT2D eigenvalue weighted by Crippen LogP contribution is 2.23. The van der Waals surface area contributed by atoms with Gasteiger partial charge in [0.05, 0.1) is 22.9 Å². The number of para-hydroxylation sites is 1. The Hall–Kier alpha value is -4.26. The molecule has 5 rings (SSSR count). The Kier molecular flexibility index (Phi) is 4.33. The SMILES string of the molecule is Cc1nc2cc(C(=O)Nc3ccc(-n4cccn4)nc3)ccc2n1-c1ccccc1. The van der Waals surface area contributed by atoms with Crippen molar-refractivity contribution in [1.82, 2.24) is 24.3 Å². The van der Waals surface area contributed by atoms with Crippen LogP contribution in [0.25, 0.3) is 22.5 Å². The van der Waals surface area contributed by atoms with Crippen LogP contribution in [0.1, 0.15) is 16.2 Å². The molecule has 146 valence electrons. The van der Waals surface area contributed by atoms with Crippen molar-refractivity contribution in [3.63, 3.8) is 0 Å². The number of pyridine rings is 1. The second kappa shape index (κ2) is 7.29. The van der Waals surface area contributed by atoms with Crippen molar-refractivity contribution in [2.24, 2.45) is 0 Å². The molecule has 0 unspecified atom stereocenters. The van der Waals surface area contributed by atoms with E-state index in [1.165, 1.54) is 0 Å². The molecule has 30 heavy (non-hydrogen) atoms. The second-order valence-electron chi connectivity index (χ2n) is 6.84. The zero-order chi connectivity index (χ0) is 20.5. The molecule has 0 fully saturated rings. The van der Waals surface area contributed by atoms with Crippen molar-refractivity contribution < 1.29 is 4.79 Å². The van der Waals surface area contributed by atoms with Gasteiger partial charge < -0.3 is 5.32 Å². The van der Waals surface area contributed by atoms with Crippen LogP contribution in [0.5, 0.6) is 0 Å². The molecular weight excluding hydrogens is 376 g/mol. The van der Waals surface area contributed by atoms with Crippen molar-refractivity contribution in [2.75, 3.05) is 5.32 Å². The van der Waals surface area contributed by atoms with Crippen LogP contribution < -0.4 is 5.32 Å². The molecule has 3 heterocycles. The van der Waals surface area contributed by atoms with Gasteiger partial charge in [0.15, 0.2) is 5.82 Å². The molecule has 0 aliphatic heterocycles. The van der Waals surface area contributed by atoms with Crippen LogP contribution in [0.15, 0.2) is 85.3 Å². The zero-order valence-electron chi connectivity index (χ0n) is 16.2. The van der Waals surface area contributed by atoms with Gasteiger partial charge in [0, 0.05) is 23.6 Å². The summed E-state index contributed by atoms with van der Waals surface area (Å²) in [4.78, 5) is 21.7. The molecule has 0 saturated heterocycles. The molecule has 0 atom stereocenters. The molecule has 0 aliphatic rings. The fraction of sp³-hybridized carbons (Fsp3) is 0.0435. The zero-order valence-corrected chi connectivity index (χ0v) is 16.2. The normalized spacial score (nSPS) is 11.0. The number of nitrogens with one attached hydrogen (secondary N) is 1. The minimum atomic E-state index is -0.211. The molecule has 0 saturated carbocycles. The number of nitrogens with zero attached hydrogens (tertiary/aromatic N) is 5. The molecule has 0 radical (unpaired) electrons. The molecular formula is C23H18N6O. The number of imidazole rings is 1. The Morgan fingerprint density at radius 3 is 2.60 bits per heavy atom. The van der Waals surface area contributed by atoms with Gasteiger partial charge >= 0.3 is 0 Å². The Morgan fingerprint density at radius 2 is 1.87 bits per heavy atom. The molecule has 3 aromatic heterocycles. The van der Waals surface area contributed by atoms with Crippen molar-refractivity contribution in [2.45, 2.75) is 6.92 Å². The first kappa shape index (κ1) is 17.8. The Labute approximate surface area is 172 Å². The minimum absolute atomic E-state index is 0.211. The highest BCUT2D eigenvalue weighted by atomic mass is 16.1. The molecule has 0 spiro atoms. The van der Waals surface area contributed by atoms with E-state index < -0.39 is 0 Å². The average Bonchev–Trinajstić information content (AvgIpc) is 3.41. The molecule has 5 aromatic rings. The summed E-state index contributed by atoms with van der Waals surface area (Å²) in [6, 6.07) is 21.0. The van der Waals surface area contributed by atoms with Crippen molar-refractivity contribution in [3.8, 4) is 11.5 Å². The predicted octanol–water partition coefficient (Wildman–Crippen LogP) is 4.17. The largest absolute Gasteiger partial charge is 0.321 e. The summed E-state index contributed by atoms with van der Waals surface area (Å²) in [6.45, 7) is 1.96. The maximum absolute atomic E-state index is 12.7. The van der Waals surface area contributed by atoms with Gasteiger partial charge in [0.1, 0.15) is 5.82 Å². The van der Waals surface area contributed by atoms with E-state index in [9.17, 15) is 4.79 Å². The third-order valence-corrected chi connectivity index (χ3v) is 4.84. The number of benzene rings is 2. The molecule has 0 aliphatic carbocycles. The number of amides is 1. The monoisotopic (exact) mass is 394 g/mol. The number of aryl methyl sites for hydroxylation is 1. The number of rotatable bonds is 4. The first-order valence-electron chi connectivity index (χ1n) is 9.51. The number of carbonyl (C=O) groups excluding carboxylic acids is 1. The number of carbonyl (C=O) groups is 1. The third-order valence-electron chi connectivity index (χ3n) is 4.84. The van der Waals surface area contributed by atoms with E-state index >= 15 is 0 Å². The highest BCUT2D eigenvalue weighted by Gasteiger charge is 2.13. The summed E-state index contributed by atoms with van der Waals surface area (Å²) in [5.74, 6) is 1.34. The number of anilines is 1. The van der Waals surface area contributed by atoms with Gasteiger partial charge in [0.25, 0.3) is 5.91 Å². The van der Waals surface area contributed by atoms with Gasteiger partial charge in [-0.2, -0.15) is 5.10 Å². The quantitative estimate of drug-likeness (QED) is 0.496. The average molecular weight is 394 g/mol. The lowest BCUT2D eigenvalue weighted by atomic mass is 10.2. The summed E-state index contributed by atoms with van der Waals surface area (Å²) < 4.78 is 3.74. The van der Waals surface area contributed by atoms with Gasteiger partial charge in [-0.15, -0.1) is 0 Å². The Balaban J connectivity index is 1.40. The van der Waals surface area contributed by atoms with Crippen LogP contribution in [0.4, 0.5) is 5.69 Å².